The van der Waals surface area contributed by atoms with Crippen LogP contribution in [0.5, 0.6) is 0 Å². The average molecular weight is 477 g/mol. The van der Waals surface area contributed by atoms with Crippen LogP contribution in [0.3, 0.4) is 0 Å². The van der Waals surface area contributed by atoms with Crippen molar-refractivity contribution in [1.82, 2.24) is 14.7 Å². The molecule has 1 aromatic carbocycles. The summed E-state index contributed by atoms with van der Waals surface area (Å²) in [6.07, 6.45) is -4.21. The molecule has 2 aromatic rings. The van der Waals surface area contributed by atoms with Gasteiger partial charge in [0.25, 0.3) is 5.91 Å². The minimum atomic E-state index is -4.89. The summed E-state index contributed by atoms with van der Waals surface area (Å²) in [5, 5.41) is 2.51. The fraction of sp³-hybridized carbons (Fsp3) is 0.421. The van der Waals surface area contributed by atoms with E-state index in [0.29, 0.717) is 4.68 Å². The third-order valence-corrected chi connectivity index (χ3v) is 6.29. The third-order valence-electron chi connectivity index (χ3n) is 5.02. The zero-order valence-corrected chi connectivity index (χ0v) is 17.6. The van der Waals surface area contributed by atoms with Gasteiger partial charge < -0.3 is 9.64 Å². The van der Waals surface area contributed by atoms with Crippen LogP contribution in [-0.4, -0.2) is 59.9 Å². The molecule has 1 aliphatic rings. The molecule has 1 fully saturated rings. The molecule has 1 aromatic heterocycles. The van der Waals surface area contributed by atoms with Gasteiger partial charge in [0.1, 0.15) is 5.56 Å². The highest BCUT2D eigenvalue weighted by Crippen LogP contribution is 2.34. The van der Waals surface area contributed by atoms with Crippen molar-refractivity contribution in [3.05, 3.63) is 47.3 Å². The van der Waals surface area contributed by atoms with Crippen molar-refractivity contribution in [2.75, 3.05) is 19.7 Å². The summed E-state index contributed by atoms with van der Waals surface area (Å²) in [5.74, 6) is -1.62. The zero-order valence-electron chi connectivity index (χ0n) is 16.8. The van der Waals surface area contributed by atoms with Gasteiger partial charge in [0.2, 0.25) is 0 Å². The number of carbonyl (C=O) groups is 2. The van der Waals surface area contributed by atoms with E-state index in [1.165, 1.54) is 36.1 Å². The van der Waals surface area contributed by atoms with Crippen LogP contribution in [0.4, 0.5) is 17.1 Å². The van der Waals surface area contributed by atoms with E-state index in [0.717, 1.165) is 6.20 Å². The number of hydrogen-bond acceptors (Lipinski definition) is 6. The largest absolute Gasteiger partial charge is 0.462 e. The monoisotopic (exact) mass is 477 g/mol. The number of esters is 1. The molecule has 0 bridgehead atoms. The second-order valence-electron chi connectivity index (χ2n) is 7.05. The Morgan fingerprint density at radius 2 is 1.75 bits per heavy atom. The molecule has 0 saturated carbocycles. The molecule has 13 heteroatoms. The van der Waals surface area contributed by atoms with E-state index in [1.54, 1.807) is 0 Å². The predicted octanol–water partition coefficient (Wildman–Crippen LogP) is 2.97. The van der Waals surface area contributed by atoms with Crippen molar-refractivity contribution in [3.8, 4) is 5.69 Å². The lowest BCUT2D eigenvalue weighted by Gasteiger charge is -2.30. The molecule has 0 aliphatic carbocycles. The van der Waals surface area contributed by atoms with Gasteiger partial charge in [-0.1, -0.05) is 0 Å². The standard InChI is InChI=1S/C19H19F4N3O5S/c1-2-31-18(28)15-11-24-26(16(15)19(20,21)22)13-5-3-12(4-6-13)17(27)25-9-7-14(8-10-25)32(23,29)30/h3-6,11,14H,2,7-10H2,1H3. The number of alkyl halides is 3. The highest BCUT2D eigenvalue weighted by atomic mass is 32.3. The molecule has 32 heavy (non-hydrogen) atoms. The quantitative estimate of drug-likeness (QED) is 0.373. The summed E-state index contributed by atoms with van der Waals surface area (Å²) in [4.78, 5) is 25.8. The fourth-order valence-corrected chi connectivity index (χ4v) is 4.22. The summed E-state index contributed by atoms with van der Waals surface area (Å²) in [7, 11) is -4.67. The fourth-order valence-electron chi connectivity index (χ4n) is 3.44. The number of halogens is 4. The SMILES string of the molecule is CCOC(=O)c1cnn(-c2ccc(C(=O)N3CCC(S(=O)(=O)F)CC3)cc2)c1C(F)(F)F. The van der Waals surface area contributed by atoms with E-state index in [4.69, 9.17) is 0 Å². The van der Waals surface area contributed by atoms with Crippen LogP contribution in [0.25, 0.3) is 5.69 Å². The number of ether oxygens (including phenoxy) is 1. The van der Waals surface area contributed by atoms with Gasteiger partial charge in [-0.2, -0.15) is 26.7 Å². The molecule has 1 aliphatic heterocycles. The van der Waals surface area contributed by atoms with E-state index < -0.39 is 44.8 Å². The van der Waals surface area contributed by atoms with E-state index >= 15 is 0 Å². The summed E-state index contributed by atoms with van der Waals surface area (Å²) in [6, 6.07) is 5.06. The van der Waals surface area contributed by atoms with Crippen LogP contribution in [0.2, 0.25) is 0 Å². The highest BCUT2D eigenvalue weighted by Gasteiger charge is 2.41. The first-order chi connectivity index (χ1) is 14.9. The van der Waals surface area contributed by atoms with Gasteiger partial charge in [-0.25, -0.2) is 9.48 Å². The number of aromatic nitrogens is 2. The maximum atomic E-state index is 13.6. The van der Waals surface area contributed by atoms with Crippen molar-refractivity contribution in [2.24, 2.45) is 0 Å². The molecule has 1 saturated heterocycles. The van der Waals surface area contributed by atoms with Crippen molar-refractivity contribution in [3.63, 3.8) is 0 Å². The Hall–Kier alpha value is -2.96. The Morgan fingerprint density at radius 1 is 1.16 bits per heavy atom. The van der Waals surface area contributed by atoms with Crippen molar-refractivity contribution in [1.29, 1.82) is 0 Å². The van der Waals surface area contributed by atoms with E-state index in [9.17, 15) is 35.1 Å². The number of benzene rings is 1. The normalized spacial score (nSPS) is 15.6. The highest BCUT2D eigenvalue weighted by molar-refractivity contribution is 7.87. The van der Waals surface area contributed by atoms with E-state index in [1.807, 2.05) is 0 Å². The topological polar surface area (TPSA) is 98.6 Å². The number of hydrogen-bond donors (Lipinski definition) is 0. The number of carbonyl (C=O) groups excluding carboxylic acids is 2. The molecule has 0 N–H and O–H groups in total. The second-order valence-corrected chi connectivity index (χ2v) is 8.67. The number of likely N-dealkylation sites (tertiary alicyclic amines) is 1. The van der Waals surface area contributed by atoms with Crippen molar-refractivity contribution >= 4 is 22.1 Å². The van der Waals surface area contributed by atoms with Crippen LogP contribution >= 0.6 is 0 Å². The minimum Gasteiger partial charge on any atom is -0.462 e. The summed E-state index contributed by atoms with van der Waals surface area (Å²) < 4.78 is 81.1. The van der Waals surface area contributed by atoms with E-state index in [-0.39, 0.29) is 43.8 Å². The van der Waals surface area contributed by atoms with Crippen LogP contribution in [-0.2, 0) is 21.1 Å². The van der Waals surface area contributed by atoms with Gasteiger partial charge in [0.05, 0.1) is 23.7 Å². The Kier molecular flexibility index (Phi) is 6.58. The molecule has 2 heterocycles. The van der Waals surface area contributed by atoms with Gasteiger partial charge in [-0.05, 0) is 44.0 Å². The lowest BCUT2D eigenvalue weighted by molar-refractivity contribution is -0.143. The molecule has 3 rings (SSSR count). The summed E-state index contributed by atoms with van der Waals surface area (Å²) >= 11 is 0. The lowest BCUT2D eigenvalue weighted by Crippen LogP contribution is -2.41. The van der Waals surface area contributed by atoms with Gasteiger partial charge in [-0.3, -0.25) is 4.79 Å². The number of rotatable bonds is 5. The Bertz CT molecular complexity index is 1100. The number of piperidine rings is 1. The summed E-state index contributed by atoms with van der Waals surface area (Å²) in [6.45, 7) is 1.43. The minimum absolute atomic E-state index is 0.0355. The molecular formula is C19H19F4N3O5S. The van der Waals surface area contributed by atoms with Crippen molar-refractivity contribution < 1.29 is 39.8 Å². The molecule has 8 nitrogen and oxygen atoms in total. The third kappa shape index (κ3) is 4.92. The molecule has 0 radical (unpaired) electrons. The molecule has 0 spiro atoms. The molecule has 174 valence electrons. The van der Waals surface area contributed by atoms with Crippen LogP contribution < -0.4 is 0 Å². The lowest BCUT2D eigenvalue weighted by atomic mass is 10.1. The average Bonchev–Trinajstić information content (AvgIpc) is 3.19. The first-order valence-corrected chi connectivity index (χ1v) is 11.0. The predicted molar refractivity (Wildman–Crippen MR) is 103 cm³/mol. The first-order valence-electron chi connectivity index (χ1n) is 9.59. The van der Waals surface area contributed by atoms with Crippen molar-refractivity contribution in [2.45, 2.75) is 31.2 Å². The van der Waals surface area contributed by atoms with Gasteiger partial charge in [-0.15, -0.1) is 3.89 Å². The van der Waals surface area contributed by atoms with Crippen LogP contribution in [0.15, 0.2) is 30.5 Å². The molecule has 0 atom stereocenters. The maximum Gasteiger partial charge on any atom is 0.434 e. The number of amides is 1. The van der Waals surface area contributed by atoms with Gasteiger partial charge >= 0.3 is 22.4 Å². The Morgan fingerprint density at radius 3 is 2.25 bits per heavy atom. The summed E-state index contributed by atoms with van der Waals surface area (Å²) in [5.41, 5.74) is -1.91. The van der Waals surface area contributed by atoms with Gasteiger partial charge in [0, 0.05) is 18.7 Å². The van der Waals surface area contributed by atoms with E-state index in [2.05, 4.69) is 9.84 Å². The first kappa shape index (κ1) is 23.7. The van der Waals surface area contributed by atoms with Gasteiger partial charge in [0.15, 0.2) is 5.69 Å². The Balaban J connectivity index is 1.82. The smallest absolute Gasteiger partial charge is 0.434 e. The zero-order chi connectivity index (χ0) is 23.7. The molecule has 0 unspecified atom stereocenters. The van der Waals surface area contributed by atoms with Crippen LogP contribution in [0, 0.1) is 0 Å². The second kappa shape index (κ2) is 8.88. The molecule has 1 amide bonds. The molecular weight excluding hydrogens is 458 g/mol. The van der Waals surface area contributed by atoms with Crippen LogP contribution in [0.1, 0.15) is 46.2 Å². The maximum absolute atomic E-state index is 13.6. The Labute approximate surface area is 181 Å². The number of nitrogens with zero attached hydrogens (tertiary/aromatic N) is 3.